The summed E-state index contributed by atoms with van der Waals surface area (Å²) in [4.78, 5) is 36.2. The Morgan fingerprint density at radius 3 is 2.22 bits per heavy atom. The molecule has 0 bridgehead atoms. The number of carbonyl (C=O) groups excluding carboxylic acids is 3. The van der Waals surface area contributed by atoms with E-state index < -0.39 is 17.6 Å². The Hall–Kier alpha value is -4.73. The van der Waals surface area contributed by atoms with E-state index in [1.807, 2.05) is 32.0 Å². The number of carbonyl (C=O) groups is 3. The van der Waals surface area contributed by atoms with Gasteiger partial charge in [-0.3, -0.25) is 14.4 Å². The molecule has 0 aliphatic carbocycles. The van der Waals surface area contributed by atoms with E-state index in [1.54, 1.807) is 25.1 Å². The highest BCUT2D eigenvalue weighted by Gasteiger charge is 2.13. The fourth-order valence-corrected chi connectivity index (χ4v) is 3.32. The van der Waals surface area contributed by atoms with Crippen molar-refractivity contribution in [3.63, 3.8) is 0 Å². The van der Waals surface area contributed by atoms with Gasteiger partial charge in [0.05, 0.1) is 12.8 Å². The Bertz CT molecular complexity index is 1290. The van der Waals surface area contributed by atoms with Crippen molar-refractivity contribution in [3.8, 4) is 11.5 Å². The number of nitrogens with one attached hydrogen (secondary N) is 3. The number of hydrogen-bond donors (Lipinski definition) is 3. The Morgan fingerprint density at radius 2 is 1.54 bits per heavy atom. The van der Waals surface area contributed by atoms with Gasteiger partial charge >= 0.3 is 11.8 Å². The lowest BCUT2D eigenvalue weighted by Crippen LogP contribution is -2.32. The van der Waals surface area contributed by atoms with E-state index in [0.29, 0.717) is 29.4 Å². The third kappa shape index (κ3) is 8.46. The minimum absolute atomic E-state index is 0.222. The third-order valence-electron chi connectivity index (χ3n) is 4.82. The van der Waals surface area contributed by atoms with Crippen LogP contribution < -0.4 is 25.5 Å². The number of aryl methyl sites for hydroxylation is 2. The van der Waals surface area contributed by atoms with E-state index >= 15 is 0 Å². The van der Waals surface area contributed by atoms with Gasteiger partial charge in [-0.15, -0.1) is 0 Å². The maximum absolute atomic E-state index is 12.9. The number of rotatable bonds is 9. The van der Waals surface area contributed by atoms with Crippen molar-refractivity contribution in [1.82, 2.24) is 5.43 Å². The molecular formula is C27H27FN4O5. The van der Waals surface area contributed by atoms with Crippen LogP contribution in [0.5, 0.6) is 11.5 Å². The molecule has 10 heteroatoms. The highest BCUT2D eigenvalue weighted by atomic mass is 19.1. The first-order valence-electron chi connectivity index (χ1n) is 11.4. The minimum Gasteiger partial charge on any atom is -0.490 e. The van der Waals surface area contributed by atoms with Crippen molar-refractivity contribution < 1.29 is 28.2 Å². The quantitative estimate of drug-likeness (QED) is 0.231. The smallest absolute Gasteiger partial charge is 0.329 e. The van der Waals surface area contributed by atoms with Gasteiger partial charge in [-0.1, -0.05) is 6.07 Å². The lowest BCUT2D eigenvalue weighted by molar-refractivity contribution is -0.136. The van der Waals surface area contributed by atoms with E-state index in [0.717, 1.165) is 23.3 Å². The van der Waals surface area contributed by atoms with Crippen LogP contribution in [0.3, 0.4) is 0 Å². The van der Waals surface area contributed by atoms with E-state index in [9.17, 15) is 18.8 Å². The van der Waals surface area contributed by atoms with Gasteiger partial charge in [0.2, 0.25) is 0 Å². The first-order chi connectivity index (χ1) is 17.7. The lowest BCUT2D eigenvalue weighted by atomic mass is 10.1. The molecule has 0 aliphatic heterocycles. The molecule has 0 saturated carbocycles. The number of hydrogen-bond acceptors (Lipinski definition) is 6. The van der Waals surface area contributed by atoms with Crippen LogP contribution in [0.25, 0.3) is 0 Å². The first kappa shape index (κ1) is 26.9. The highest BCUT2D eigenvalue weighted by Crippen LogP contribution is 2.28. The van der Waals surface area contributed by atoms with Gasteiger partial charge in [0.1, 0.15) is 5.82 Å². The predicted molar refractivity (Wildman–Crippen MR) is 138 cm³/mol. The second-order valence-corrected chi connectivity index (χ2v) is 8.01. The molecule has 0 aromatic heterocycles. The van der Waals surface area contributed by atoms with Gasteiger partial charge in [0.25, 0.3) is 5.91 Å². The predicted octanol–water partition coefficient (Wildman–Crippen LogP) is 3.95. The molecule has 3 aromatic rings. The molecule has 0 fully saturated rings. The summed E-state index contributed by atoms with van der Waals surface area (Å²) in [5.41, 5.74) is 5.71. The molecule has 3 rings (SSSR count). The fourth-order valence-electron chi connectivity index (χ4n) is 3.32. The van der Waals surface area contributed by atoms with Crippen molar-refractivity contribution in [2.75, 3.05) is 23.8 Å². The second kappa shape index (κ2) is 12.8. The third-order valence-corrected chi connectivity index (χ3v) is 4.82. The molecule has 37 heavy (non-hydrogen) atoms. The van der Waals surface area contributed by atoms with Crippen LogP contribution in [0.15, 0.2) is 65.8 Å². The van der Waals surface area contributed by atoms with Crippen LogP contribution in [-0.4, -0.2) is 37.1 Å². The average molecular weight is 507 g/mol. The summed E-state index contributed by atoms with van der Waals surface area (Å²) in [6.45, 7) is 5.84. The Kier molecular flexibility index (Phi) is 9.31. The molecule has 0 unspecified atom stereocenters. The zero-order chi connectivity index (χ0) is 26.8. The van der Waals surface area contributed by atoms with Crippen LogP contribution in [-0.2, 0) is 14.4 Å². The van der Waals surface area contributed by atoms with Crippen LogP contribution >= 0.6 is 0 Å². The van der Waals surface area contributed by atoms with Crippen LogP contribution in [0.1, 0.15) is 23.6 Å². The number of hydrazone groups is 1. The van der Waals surface area contributed by atoms with E-state index in [4.69, 9.17) is 9.47 Å². The zero-order valence-corrected chi connectivity index (χ0v) is 20.6. The summed E-state index contributed by atoms with van der Waals surface area (Å²) < 4.78 is 24.2. The number of anilines is 2. The van der Waals surface area contributed by atoms with Crippen LogP contribution in [0, 0.1) is 19.7 Å². The summed E-state index contributed by atoms with van der Waals surface area (Å²) >= 11 is 0. The van der Waals surface area contributed by atoms with E-state index in [2.05, 4.69) is 21.2 Å². The molecule has 3 N–H and O–H groups in total. The zero-order valence-electron chi connectivity index (χ0n) is 20.6. The maximum atomic E-state index is 12.9. The molecule has 0 atom stereocenters. The van der Waals surface area contributed by atoms with Crippen LogP contribution in [0.4, 0.5) is 15.8 Å². The van der Waals surface area contributed by atoms with Crippen molar-refractivity contribution in [1.29, 1.82) is 0 Å². The molecule has 0 aliphatic rings. The summed E-state index contributed by atoms with van der Waals surface area (Å²) in [5, 5.41) is 8.92. The van der Waals surface area contributed by atoms with Gasteiger partial charge in [0.15, 0.2) is 18.1 Å². The normalized spacial score (nSPS) is 10.6. The maximum Gasteiger partial charge on any atom is 0.329 e. The minimum atomic E-state index is -1.000. The summed E-state index contributed by atoms with van der Waals surface area (Å²) in [7, 11) is 0. The largest absolute Gasteiger partial charge is 0.490 e. The standard InChI is InChI=1S/C27H27FN4O5/c1-4-36-24-14-19(15-29-32-27(35)26(34)31-21-8-6-20(28)7-9-21)5-10-23(24)37-16-25(33)30-22-12-17(2)11-18(3)13-22/h5-15H,4,16H2,1-3H3,(H,30,33)(H,31,34)(H,32,35)/b29-15-. The molecule has 0 saturated heterocycles. The number of ether oxygens (including phenoxy) is 2. The van der Waals surface area contributed by atoms with Gasteiger partial charge in [0, 0.05) is 11.4 Å². The van der Waals surface area contributed by atoms with E-state index in [1.165, 1.54) is 18.3 Å². The number of benzene rings is 3. The monoisotopic (exact) mass is 506 g/mol. The number of nitrogens with zero attached hydrogens (tertiary/aromatic N) is 1. The first-order valence-corrected chi connectivity index (χ1v) is 11.4. The molecule has 9 nitrogen and oxygen atoms in total. The fraction of sp³-hybridized carbons (Fsp3) is 0.185. The van der Waals surface area contributed by atoms with Gasteiger partial charge in [-0.05, 0) is 92.1 Å². The lowest BCUT2D eigenvalue weighted by Gasteiger charge is -2.13. The van der Waals surface area contributed by atoms with Gasteiger partial charge in [-0.2, -0.15) is 5.10 Å². The molecule has 192 valence electrons. The Labute approximate surface area is 213 Å². The molecule has 0 heterocycles. The molecule has 3 amide bonds. The second-order valence-electron chi connectivity index (χ2n) is 8.01. The average Bonchev–Trinajstić information content (AvgIpc) is 2.84. The highest BCUT2D eigenvalue weighted by molar-refractivity contribution is 6.39. The van der Waals surface area contributed by atoms with E-state index in [-0.39, 0.29) is 18.2 Å². The number of amides is 3. The molecular weight excluding hydrogens is 479 g/mol. The van der Waals surface area contributed by atoms with Gasteiger partial charge in [-0.25, -0.2) is 9.82 Å². The SMILES string of the molecule is CCOc1cc(/C=N\NC(=O)C(=O)Nc2ccc(F)cc2)ccc1OCC(=O)Nc1cc(C)cc(C)c1. The summed E-state index contributed by atoms with van der Waals surface area (Å²) in [6.07, 6.45) is 1.32. The topological polar surface area (TPSA) is 118 Å². The van der Waals surface area contributed by atoms with Crippen molar-refractivity contribution >= 4 is 35.3 Å². The molecule has 0 radical (unpaired) electrons. The Morgan fingerprint density at radius 1 is 0.838 bits per heavy atom. The van der Waals surface area contributed by atoms with Crippen molar-refractivity contribution in [2.24, 2.45) is 5.10 Å². The van der Waals surface area contributed by atoms with Gasteiger partial charge < -0.3 is 20.1 Å². The molecule has 0 spiro atoms. The Balaban J connectivity index is 1.56. The number of halogens is 1. The molecule has 3 aromatic carbocycles. The summed E-state index contributed by atoms with van der Waals surface area (Å²) in [6, 6.07) is 15.6. The van der Waals surface area contributed by atoms with Crippen molar-refractivity contribution in [3.05, 3.63) is 83.2 Å². The van der Waals surface area contributed by atoms with Crippen LogP contribution in [0.2, 0.25) is 0 Å². The summed E-state index contributed by atoms with van der Waals surface area (Å²) in [5.74, 6) is -2.00. The van der Waals surface area contributed by atoms with Crippen molar-refractivity contribution in [2.45, 2.75) is 20.8 Å².